The molecule has 2 N–H and O–H groups in total. The molecule has 0 atom stereocenters. The Hall–Kier alpha value is -1.13. The summed E-state index contributed by atoms with van der Waals surface area (Å²) >= 11 is 0. The first-order valence-electron chi connectivity index (χ1n) is 5.12. The van der Waals surface area contributed by atoms with E-state index in [0.717, 1.165) is 30.2 Å². The summed E-state index contributed by atoms with van der Waals surface area (Å²) in [6.07, 6.45) is 1.84. The van der Waals surface area contributed by atoms with Crippen LogP contribution in [-0.2, 0) is 11.3 Å². The highest BCUT2D eigenvalue weighted by atomic mass is 16.5. The maximum absolute atomic E-state index is 5.35. The molecule has 0 aliphatic carbocycles. The van der Waals surface area contributed by atoms with Gasteiger partial charge in [0.05, 0.1) is 13.2 Å². The van der Waals surface area contributed by atoms with Gasteiger partial charge in [-0.15, -0.1) is 0 Å². The van der Waals surface area contributed by atoms with Gasteiger partial charge in [-0.05, 0) is 13.8 Å². The summed E-state index contributed by atoms with van der Waals surface area (Å²) in [5, 5.41) is 3.26. The van der Waals surface area contributed by atoms with Crippen LogP contribution >= 0.6 is 0 Å². The van der Waals surface area contributed by atoms with Gasteiger partial charge < -0.3 is 15.0 Å². The largest absolute Gasteiger partial charge is 0.376 e. The average molecular weight is 209 g/mol. The SMILES string of the molecule is C=C(C)COCCNCc1cnc(C)[nH]1. The van der Waals surface area contributed by atoms with Crippen molar-refractivity contribution in [1.29, 1.82) is 0 Å². The van der Waals surface area contributed by atoms with Crippen molar-refractivity contribution >= 4 is 0 Å². The molecule has 0 unspecified atom stereocenters. The zero-order valence-electron chi connectivity index (χ0n) is 9.47. The van der Waals surface area contributed by atoms with E-state index >= 15 is 0 Å². The molecule has 0 spiro atoms. The third-order valence-electron chi connectivity index (χ3n) is 1.84. The molecule has 0 fully saturated rings. The van der Waals surface area contributed by atoms with Crippen LogP contribution in [-0.4, -0.2) is 29.7 Å². The predicted octanol–water partition coefficient (Wildman–Crippen LogP) is 1.40. The number of ether oxygens (including phenoxy) is 1. The number of hydrogen-bond acceptors (Lipinski definition) is 3. The number of imidazole rings is 1. The van der Waals surface area contributed by atoms with Crippen LogP contribution in [0.3, 0.4) is 0 Å². The maximum Gasteiger partial charge on any atom is 0.103 e. The number of H-pyrrole nitrogens is 1. The van der Waals surface area contributed by atoms with Gasteiger partial charge in [-0.2, -0.15) is 0 Å². The number of aromatic nitrogens is 2. The molecule has 0 saturated carbocycles. The van der Waals surface area contributed by atoms with E-state index in [-0.39, 0.29) is 0 Å². The van der Waals surface area contributed by atoms with E-state index in [1.807, 2.05) is 20.0 Å². The zero-order valence-corrected chi connectivity index (χ0v) is 9.47. The molecule has 84 valence electrons. The number of rotatable bonds is 7. The van der Waals surface area contributed by atoms with Crippen LogP contribution in [0.5, 0.6) is 0 Å². The summed E-state index contributed by atoms with van der Waals surface area (Å²) < 4.78 is 5.35. The Balaban J connectivity index is 2.00. The van der Waals surface area contributed by atoms with E-state index in [1.165, 1.54) is 0 Å². The first-order valence-corrected chi connectivity index (χ1v) is 5.12. The molecule has 1 rings (SSSR count). The van der Waals surface area contributed by atoms with Crippen LogP contribution in [0.4, 0.5) is 0 Å². The van der Waals surface area contributed by atoms with Crippen molar-refractivity contribution in [3.05, 3.63) is 29.9 Å². The number of aromatic amines is 1. The third-order valence-corrected chi connectivity index (χ3v) is 1.84. The molecular formula is C11H19N3O. The molecular weight excluding hydrogens is 190 g/mol. The van der Waals surface area contributed by atoms with Gasteiger partial charge in [0.2, 0.25) is 0 Å². The molecule has 4 heteroatoms. The lowest BCUT2D eigenvalue weighted by Crippen LogP contribution is -2.19. The lowest BCUT2D eigenvalue weighted by atomic mass is 10.4. The normalized spacial score (nSPS) is 10.5. The highest BCUT2D eigenvalue weighted by Gasteiger charge is 1.95. The van der Waals surface area contributed by atoms with Crippen LogP contribution in [0.25, 0.3) is 0 Å². The minimum atomic E-state index is 0.644. The molecule has 0 radical (unpaired) electrons. The first kappa shape index (κ1) is 11.9. The van der Waals surface area contributed by atoms with E-state index < -0.39 is 0 Å². The summed E-state index contributed by atoms with van der Waals surface area (Å²) in [7, 11) is 0. The van der Waals surface area contributed by atoms with Crippen molar-refractivity contribution in [2.75, 3.05) is 19.8 Å². The van der Waals surface area contributed by atoms with E-state index in [1.54, 1.807) is 0 Å². The van der Waals surface area contributed by atoms with Crippen LogP contribution in [0.1, 0.15) is 18.4 Å². The first-order chi connectivity index (χ1) is 7.18. The summed E-state index contributed by atoms with van der Waals surface area (Å²) in [6, 6.07) is 0. The second-order valence-corrected chi connectivity index (χ2v) is 3.68. The van der Waals surface area contributed by atoms with Crippen molar-refractivity contribution in [2.24, 2.45) is 0 Å². The molecule has 15 heavy (non-hydrogen) atoms. The summed E-state index contributed by atoms with van der Waals surface area (Å²) in [4.78, 5) is 7.27. The van der Waals surface area contributed by atoms with Crippen LogP contribution in [0.2, 0.25) is 0 Å². The Bertz CT molecular complexity index is 307. The van der Waals surface area contributed by atoms with Crippen LogP contribution in [0.15, 0.2) is 18.3 Å². The van der Waals surface area contributed by atoms with Crippen molar-refractivity contribution in [2.45, 2.75) is 20.4 Å². The van der Waals surface area contributed by atoms with Gasteiger partial charge in [-0.25, -0.2) is 4.98 Å². The van der Waals surface area contributed by atoms with E-state index in [2.05, 4.69) is 21.9 Å². The molecule has 0 amide bonds. The zero-order chi connectivity index (χ0) is 11.1. The summed E-state index contributed by atoms with van der Waals surface area (Å²) in [5.41, 5.74) is 2.16. The molecule has 1 aromatic heterocycles. The Morgan fingerprint density at radius 2 is 2.47 bits per heavy atom. The smallest absolute Gasteiger partial charge is 0.103 e. The Morgan fingerprint density at radius 3 is 3.07 bits per heavy atom. The molecule has 0 aromatic carbocycles. The molecule has 0 aliphatic heterocycles. The van der Waals surface area contributed by atoms with Crippen LogP contribution in [0, 0.1) is 6.92 Å². The Morgan fingerprint density at radius 1 is 1.67 bits per heavy atom. The second kappa shape index (κ2) is 6.37. The standard InChI is InChI=1S/C11H19N3O/c1-9(2)8-15-5-4-12-6-11-7-13-10(3)14-11/h7,12H,1,4-6,8H2,2-3H3,(H,13,14). The van der Waals surface area contributed by atoms with Gasteiger partial charge in [-0.3, -0.25) is 0 Å². The molecule has 1 heterocycles. The summed E-state index contributed by atoms with van der Waals surface area (Å²) in [6.45, 7) is 10.7. The molecule has 4 nitrogen and oxygen atoms in total. The van der Waals surface area contributed by atoms with E-state index in [4.69, 9.17) is 4.74 Å². The van der Waals surface area contributed by atoms with Gasteiger partial charge >= 0.3 is 0 Å². The second-order valence-electron chi connectivity index (χ2n) is 3.68. The molecule has 0 saturated heterocycles. The lowest BCUT2D eigenvalue weighted by Gasteiger charge is -2.04. The highest BCUT2D eigenvalue weighted by Crippen LogP contribution is 1.94. The minimum Gasteiger partial charge on any atom is -0.376 e. The maximum atomic E-state index is 5.35. The fourth-order valence-corrected chi connectivity index (χ4v) is 1.18. The number of nitrogens with zero attached hydrogens (tertiary/aromatic N) is 1. The lowest BCUT2D eigenvalue weighted by molar-refractivity contribution is 0.157. The van der Waals surface area contributed by atoms with Crippen molar-refractivity contribution in [1.82, 2.24) is 15.3 Å². The topological polar surface area (TPSA) is 49.9 Å². The minimum absolute atomic E-state index is 0.644. The van der Waals surface area contributed by atoms with Crippen molar-refractivity contribution < 1.29 is 4.74 Å². The van der Waals surface area contributed by atoms with Crippen molar-refractivity contribution in [3.63, 3.8) is 0 Å². The van der Waals surface area contributed by atoms with E-state index in [9.17, 15) is 0 Å². The van der Waals surface area contributed by atoms with Crippen molar-refractivity contribution in [3.8, 4) is 0 Å². The van der Waals surface area contributed by atoms with Gasteiger partial charge in [-0.1, -0.05) is 12.2 Å². The van der Waals surface area contributed by atoms with Gasteiger partial charge in [0.25, 0.3) is 0 Å². The van der Waals surface area contributed by atoms with Gasteiger partial charge in [0.1, 0.15) is 5.82 Å². The van der Waals surface area contributed by atoms with Gasteiger partial charge in [0.15, 0.2) is 0 Å². The van der Waals surface area contributed by atoms with E-state index in [0.29, 0.717) is 13.2 Å². The molecule has 0 aliphatic rings. The summed E-state index contributed by atoms with van der Waals surface area (Å²) in [5.74, 6) is 0.949. The monoisotopic (exact) mass is 209 g/mol. The predicted molar refractivity (Wildman–Crippen MR) is 60.7 cm³/mol. The Kier molecular flexibility index (Phi) is 5.07. The van der Waals surface area contributed by atoms with Crippen LogP contribution < -0.4 is 5.32 Å². The number of aryl methyl sites for hydroxylation is 1. The Labute approximate surface area is 90.8 Å². The average Bonchev–Trinajstić information content (AvgIpc) is 2.57. The van der Waals surface area contributed by atoms with Gasteiger partial charge in [0, 0.05) is 25.0 Å². The third kappa shape index (κ3) is 5.34. The number of hydrogen-bond donors (Lipinski definition) is 2. The highest BCUT2D eigenvalue weighted by molar-refractivity contribution is 4.99. The molecule has 1 aromatic rings. The number of nitrogens with one attached hydrogen (secondary N) is 2. The molecule has 0 bridgehead atoms. The fourth-order valence-electron chi connectivity index (χ4n) is 1.18. The quantitative estimate of drug-likeness (QED) is 0.527. The fraction of sp³-hybridized carbons (Fsp3) is 0.545.